The van der Waals surface area contributed by atoms with Crippen molar-refractivity contribution in [3.8, 4) is 5.75 Å². The molecule has 0 aliphatic carbocycles. The highest BCUT2D eigenvalue weighted by Gasteiger charge is 2.20. The molecule has 13 heteroatoms. The number of phosphoric ester groups is 1. The fraction of sp³-hybridized carbons (Fsp3) is 0.417. The minimum Gasteiger partial charge on any atom is -0.505 e. The number of carboxylic acid groups (broad SMARTS) is 1. The number of rotatable bonds is 7. The number of carbonyl (C=O) groups excluding carboxylic acids is 1. The van der Waals surface area contributed by atoms with E-state index in [1.807, 2.05) is 0 Å². The summed E-state index contributed by atoms with van der Waals surface area (Å²) in [5, 5.41) is 34.3. The van der Waals surface area contributed by atoms with Crippen LogP contribution in [0.3, 0.4) is 0 Å². The molecule has 12 nitrogen and oxygen atoms in total. The average molecular weight is 382 g/mol. The standard InChI is InChI=1S/C8H10NO6P.C4H9NO4/c1-5-8(11)7(3-10)6(2-9-5)4-15-16(12,13)14;5-3(4(8)9)2(7)1-6/h2-3,11H,4H2,1H3,(H2,12,13,14);2-3,6-7H,1,5H2,(H,8,9)/t;2-,3+/m.1/s1. The summed E-state index contributed by atoms with van der Waals surface area (Å²) in [6.45, 7) is 0.364. The molecule has 2 atom stereocenters. The van der Waals surface area contributed by atoms with Crippen molar-refractivity contribution in [3.05, 3.63) is 23.0 Å². The summed E-state index contributed by atoms with van der Waals surface area (Å²) >= 11 is 0. The molecular formula is C12H19N2O10P. The van der Waals surface area contributed by atoms with Crippen molar-refractivity contribution in [2.75, 3.05) is 6.61 Å². The van der Waals surface area contributed by atoms with Crippen molar-refractivity contribution < 1.29 is 48.9 Å². The van der Waals surface area contributed by atoms with E-state index in [0.29, 0.717) is 6.29 Å². The highest BCUT2D eigenvalue weighted by molar-refractivity contribution is 7.46. The van der Waals surface area contributed by atoms with Crippen LogP contribution in [-0.4, -0.2) is 66.2 Å². The topological polar surface area (TPSA) is 221 Å². The smallest absolute Gasteiger partial charge is 0.469 e. The molecule has 0 radical (unpaired) electrons. The molecule has 0 bridgehead atoms. The van der Waals surface area contributed by atoms with Crippen LogP contribution in [0.15, 0.2) is 6.20 Å². The number of hydrogen-bond donors (Lipinski definition) is 7. The summed E-state index contributed by atoms with van der Waals surface area (Å²) < 4.78 is 14.7. The van der Waals surface area contributed by atoms with Gasteiger partial charge in [-0.15, -0.1) is 0 Å². The zero-order chi connectivity index (χ0) is 19.8. The molecular weight excluding hydrogens is 363 g/mol. The number of aromatic nitrogens is 1. The van der Waals surface area contributed by atoms with Gasteiger partial charge >= 0.3 is 13.8 Å². The van der Waals surface area contributed by atoms with Crippen LogP contribution >= 0.6 is 7.82 Å². The van der Waals surface area contributed by atoms with Gasteiger partial charge in [0.1, 0.15) is 17.9 Å². The van der Waals surface area contributed by atoms with Crippen molar-refractivity contribution in [2.24, 2.45) is 5.73 Å². The second-order valence-corrected chi connectivity index (χ2v) is 5.87. The number of aliphatic carboxylic acids is 1. The normalized spacial score (nSPS) is 13.4. The lowest BCUT2D eigenvalue weighted by Crippen LogP contribution is -2.43. The molecule has 0 unspecified atom stereocenters. The minimum atomic E-state index is -4.61. The summed E-state index contributed by atoms with van der Waals surface area (Å²) in [7, 11) is -4.61. The predicted octanol–water partition coefficient (Wildman–Crippen LogP) is -1.73. The van der Waals surface area contributed by atoms with Crippen molar-refractivity contribution in [3.63, 3.8) is 0 Å². The fourth-order valence-corrected chi connectivity index (χ4v) is 1.64. The summed E-state index contributed by atoms with van der Waals surface area (Å²) in [6, 6.07) is -1.39. The summed E-state index contributed by atoms with van der Waals surface area (Å²) in [5.74, 6) is -1.64. The number of nitrogens with two attached hydrogens (primary N) is 1. The Bertz CT molecular complexity index is 647. The number of carbonyl (C=O) groups is 2. The van der Waals surface area contributed by atoms with Crippen LogP contribution in [0.25, 0.3) is 0 Å². The molecule has 8 N–H and O–H groups in total. The van der Waals surface area contributed by atoms with E-state index < -0.39 is 39.2 Å². The highest BCUT2D eigenvalue weighted by atomic mass is 31.2. The number of aliphatic hydroxyl groups excluding tert-OH is 2. The maximum atomic E-state index is 10.7. The van der Waals surface area contributed by atoms with Crippen LogP contribution < -0.4 is 5.73 Å². The van der Waals surface area contributed by atoms with Crippen molar-refractivity contribution in [1.82, 2.24) is 4.98 Å². The maximum absolute atomic E-state index is 10.7. The van der Waals surface area contributed by atoms with E-state index in [1.165, 1.54) is 13.1 Å². The predicted molar refractivity (Wildman–Crippen MR) is 81.6 cm³/mol. The third-order valence-electron chi connectivity index (χ3n) is 2.75. The van der Waals surface area contributed by atoms with Crippen LogP contribution in [-0.2, 0) is 20.5 Å². The van der Waals surface area contributed by atoms with Gasteiger partial charge < -0.3 is 35.9 Å². The van der Waals surface area contributed by atoms with Crippen LogP contribution in [0, 0.1) is 6.92 Å². The van der Waals surface area contributed by atoms with E-state index in [0.717, 1.165) is 0 Å². The van der Waals surface area contributed by atoms with Gasteiger partial charge in [-0.3, -0.25) is 19.1 Å². The minimum absolute atomic E-state index is 0.0825. The first-order chi connectivity index (χ1) is 11.4. The van der Waals surface area contributed by atoms with Crippen molar-refractivity contribution in [1.29, 1.82) is 0 Å². The van der Waals surface area contributed by atoms with Gasteiger partial charge in [-0.1, -0.05) is 0 Å². The van der Waals surface area contributed by atoms with Crippen LogP contribution in [0.4, 0.5) is 0 Å². The Hall–Kier alpha value is -1.92. The zero-order valence-electron chi connectivity index (χ0n) is 13.0. The second-order valence-electron chi connectivity index (χ2n) is 4.63. The molecule has 25 heavy (non-hydrogen) atoms. The molecule has 1 aromatic heterocycles. The third kappa shape index (κ3) is 8.14. The number of nitrogens with zero attached hydrogens (tertiary/aromatic N) is 1. The van der Waals surface area contributed by atoms with Gasteiger partial charge in [0.15, 0.2) is 6.29 Å². The van der Waals surface area contributed by atoms with Gasteiger partial charge in [-0.05, 0) is 6.92 Å². The van der Waals surface area contributed by atoms with E-state index in [4.69, 9.17) is 30.8 Å². The number of carboxylic acids is 1. The van der Waals surface area contributed by atoms with Crippen molar-refractivity contribution >= 4 is 20.1 Å². The first-order valence-electron chi connectivity index (χ1n) is 6.54. The molecule has 0 saturated carbocycles. The van der Waals surface area contributed by atoms with E-state index in [-0.39, 0.29) is 22.6 Å². The molecule has 0 aliphatic rings. The molecule has 0 spiro atoms. The number of phosphoric acid groups is 1. The van der Waals surface area contributed by atoms with Crippen LogP contribution in [0.5, 0.6) is 5.75 Å². The first-order valence-corrected chi connectivity index (χ1v) is 8.07. The first kappa shape index (κ1) is 23.1. The molecule has 142 valence electrons. The lowest BCUT2D eigenvalue weighted by molar-refractivity contribution is -0.141. The van der Waals surface area contributed by atoms with Gasteiger partial charge in [0.2, 0.25) is 0 Å². The quantitative estimate of drug-likeness (QED) is 0.206. The lowest BCUT2D eigenvalue weighted by Gasteiger charge is -2.10. The van der Waals surface area contributed by atoms with Crippen LogP contribution in [0.2, 0.25) is 0 Å². The molecule has 0 aliphatic heterocycles. The SMILES string of the molecule is Cc1ncc(COP(=O)(O)O)c(C=O)c1O.N[C@H](C(=O)O)[C@H](O)CO. The number of aldehydes is 1. The molecule has 0 aromatic carbocycles. The van der Waals surface area contributed by atoms with Crippen molar-refractivity contribution in [2.45, 2.75) is 25.7 Å². The molecule has 1 heterocycles. The number of hydrogen-bond acceptors (Lipinski definition) is 9. The number of pyridine rings is 1. The van der Waals surface area contributed by atoms with E-state index in [9.17, 15) is 19.3 Å². The number of aliphatic hydroxyl groups is 2. The van der Waals surface area contributed by atoms with Gasteiger partial charge in [0.05, 0.1) is 24.5 Å². The van der Waals surface area contributed by atoms with Gasteiger partial charge in [0.25, 0.3) is 0 Å². The summed E-state index contributed by atoms with van der Waals surface area (Å²) in [4.78, 5) is 41.3. The second kappa shape index (κ2) is 10.2. The molecule has 1 aromatic rings. The lowest BCUT2D eigenvalue weighted by atomic mass is 10.1. The molecule has 0 amide bonds. The van der Waals surface area contributed by atoms with E-state index in [2.05, 4.69) is 9.51 Å². The van der Waals surface area contributed by atoms with Crippen LogP contribution in [0.1, 0.15) is 21.6 Å². The Balaban J connectivity index is 0.000000547. The number of aromatic hydroxyl groups is 1. The largest absolute Gasteiger partial charge is 0.505 e. The fourth-order valence-electron chi connectivity index (χ4n) is 1.33. The van der Waals surface area contributed by atoms with Gasteiger partial charge in [-0.25, -0.2) is 4.57 Å². The Labute approximate surface area is 141 Å². The number of aryl methyl sites for hydroxylation is 1. The Morgan fingerprint density at radius 1 is 1.48 bits per heavy atom. The molecule has 0 fully saturated rings. The Morgan fingerprint density at radius 2 is 2.04 bits per heavy atom. The van der Waals surface area contributed by atoms with E-state index >= 15 is 0 Å². The summed E-state index contributed by atoms with van der Waals surface area (Å²) in [5.41, 5.74) is 5.14. The van der Waals surface area contributed by atoms with E-state index in [1.54, 1.807) is 0 Å². The van der Waals surface area contributed by atoms with Gasteiger partial charge in [0, 0.05) is 11.8 Å². The Kier molecular flexibility index (Phi) is 9.38. The zero-order valence-corrected chi connectivity index (χ0v) is 13.9. The highest BCUT2D eigenvalue weighted by Crippen LogP contribution is 2.37. The monoisotopic (exact) mass is 382 g/mol. The van der Waals surface area contributed by atoms with Gasteiger partial charge in [-0.2, -0.15) is 0 Å². The third-order valence-corrected chi connectivity index (χ3v) is 3.22. The Morgan fingerprint density at radius 3 is 2.40 bits per heavy atom. The molecule has 1 rings (SSSR count). The molecule has 0 saturated heterocycles. The average Bonchev–Trinajstić information content (AvgIpc) is 2.54. The maximum Gasteiger partial charge on any atom is 0.469 e. The summed E-state index contributed by atoms with van der Waals surface area (Å²) in [6.07, 6.45) is 0.221.